The van der Waals surface area contributed by atoms with E-state index in [0.29, 0.717) is 12.5 Å². The minimum absolute atomic E-state index is 0. The first-order chi connectivity index (χ1) is 11.9. The monoisotopic (exact) mass is 487 g/mol. The Kier molecular flexibility index (Phi) is 9.00. The number of benzene rings is 1. The lowest BCUT2D eigenvalue weighted by atomic mass is 10.1. The van der Waals surface area contributed by atoms with Crippen LogP contribution in [0.2, 0.25) is 0 Å². The van der Waals surface area contributed by atoms with Gasteiger partial charge in [0.2, 0.25) is 5.91 Å². The van der Waals surface area contributed by atoms with Gasteiger partial charge in [0.05, 0.1) is 18.8 Å². The largest absolute Gasteiger partial charge is 0.350 e. The highest BCUT2D eigenvalue weighted by atomic mass is 127. The molecule has 6 nitrogen and oxygen atoms in total. The van der Waals surface area contributed by atoms with Crippen LogP contribution in [-0.4, -0.2) is 36.0 Å². The SMILES string of the molecule is CN=C(NCC(=O)NC(C)(C)C)NCc1nc(-c2ccccc2)cs1.I. The van der Waals surface area contributed by atoms with Crippen molar-refractivity contribution in [1.82, 2.24) is 20.9 Å². The number of carbonyl (C=O) groups is 1. The maximum absolute atomic E-state index is 11.8. The van der Waals surface area contributed by atoms with E-state index in [0.717, 1.165) is 16.3 Å². The van der Waals surface area contributed by atoms with E-state index in [1.54, 1.807) is 18.4 Å². The second kappa shape index (κ2) is 10.5. The highest BCUT2D eigenvalue weighted by Gasteiger charge is 2.13. The van der Waals surface area contributed by atoms with Gasteiger partial charge < -0.3 is 16.0 Å². The second-order valence-corrected chi connectivity index (χ2v) is 7.51. The molecular weight excluding hydrogens is 461 g/mol. The summed E-state index contributed by atoms with van der Waals surface area (Å²) in [6.45, 7) is 6.57. The zero-order valence-electron chi connectivity index (χ0n) is 15.5. The molecule has 0 radical (unpaired) electrons. The number of rotatable bonds is 5. The van der Waals surface area contributed by atoms with E-state index < -0.39 is 0 Å². The van der Waals surface area contributed by atoms with E-state index in [9.17, 15) is 4.79 Å². The fraction of sp³-hybridized carbons (Fsp3) is 0.389. The molecule has 1 aromatic heterocycles. The van der Waals surface area contributed by atoms with Crippen molar-refractivity contribution in [1.29, 1.82) is 0 Å². The number of nitrogens with zero attached hydrogens (tertiary/aromatic N) is 2. The van der Waals surface area contributed by atoms with Gasteiger partial charge in [-0.05, 0) is 20.8 Å². The number of hydrogen-bond donors (Lipinski definition) is 3. The molecule has 0 aliphatic heterocycles. The normalized spacial score (nSPS) is 11.5. The molecule has 8 heteroatoms. The molecule has 2 aromatic rings. The number of halogens is 1. The van der Waals surface area contributed by atoms with Crippen LogP contribution in [-0.2, 0) is 11.3 Å². The number of hydrogen-bond acceptors (Lipinski definition) is 4. The van der Waals surface area contributed by atoms with Crippen molar-refractivity contribution in [2.45, 2.75) is 32.9 Å². The molecule has 1 amide bonds. The number of thiazole rings is 1. The molecule has 26 heavy (non-hydrogen) atoms. The molecule has 1 aromatic carbocycles. The predicted octanol–water partition coefficient (Wildman–Crippen LogP) is 3.01. The molecule has 0 aliphatic carbocycles. The quantitative estimate of drug-likeness (QED) is 0.344. The van der Waals surface area contributed by atoms with Gasteiger partial charge in [0.1, 0.15) is 5.01 Å². The molecule has 0 saturated heterocycles. The number of aromatic nitrogens is 1. The highest BCUT2D eigenvalue weighted by molar-refractivity contribution is 14.0. The fourth-order valence-corrected chi connectivity index (χ4v) is 2.88. The van der Waals surface area contributed by atoms with Crippen molar-refractivity contribution in [3.8, 4) is 11.3 Å². The zero-order valence-corrected chi connectivity index (χ0v) is 18.6. The summed E-state index contributed by atoms with van der Waals surface area (Å²) in [5, 5.41) is 12.1. The Balaban J connectivity index is 0.00000338. The Morgan fingerprint density at radius 2 is 1.88 bits per heavy atom. The van der Waals surface area contributed by atoms with Crippen molar-refractivity contribution in [3.05, 3.63) is 40.7 Å². The number of nitrogens with one attached hydrogen (secondary N) is 3. The van der Waals surface area contributed by atoms with Crippen LogP contribution in [0.3, 0.4) is 0 Å². The summed E-state index contributed by atoms with van der Waals surface area (Å²) in [6.07, 6.45) is 0. The average Bonchev–Trinajstić information content (AvgIpc) is 3.03. The summed E-state index contributed by atoms with van der Waals surface area (Å²) in [7, 11) is 1.67. The minimum atomic E-state index is -0.246. The van der Waals surface area contributed by atoms with Gasteiger partial charge in [-0.2, -0.15) is 0 Å². The average molecular weight is 487 g/mol. The van der Waals surface area contributed by atoms with Crippen molar-refractivity contribution in [2.75, 3.05) is 13.6 Å². The fourth-order valence-electron chi connectivity index (χ4n) is 2.14. The third kappa shape index (κ3) is 7.69. The van der Waals surface area contributed by atoms with Gasteiger partial charge in [0.15, 0.2) is 5.96 Å². The molecule has 0 aliphatic rings. The van der Waals surface area contributed by atoms with Crippen LogP contribution in [0.5, 0.6) is 0 Å². The minimum Gasteiger partial charge on any atom is -0.350 e. The van der Waals surface area contributed by atoms with E-state index in [-0.39, 0.29) is 42.0 Å². The van der Waals surface area contributed by atoms with Crippen LogP contribution in [0.1, 0.15) is 25.8 Å². The first-order valence-electron chi connectivity index (χ1n) is 8.13. The Morgan fingerprint density at radius 3 is 2.50 bits per heavy atom. The van der Waals surface area contributed by atoms with Crippen molar-refractivity contribution >= 4 is 47.2 Å². The van der Waals surface area contributed by atoms with Crippen LogP contribution >= 0.6 is 35.3 Å². The van der Waals surface area contributed by atoms with Crippen LogP contribution in [0, 0.1) is 0 Å². The third-order valence-electron chi connectivity index (χ3n) is 3.18. The molecule has 2 rings (SSSR count). The lowest BCUT2D eigenvalue weighted by molar-refractivity contribution is -0.121. The van der Waals surface area contributed by atoms with Crippen molar-refractivity contribution in [3.63, 3.8) is 0 Å². The number of guanidine groups is 1. The van der Waals surface area contributed by atoms with Crippen LogP contribution < -0.4 is 16.0 Å². The number of amides is 1. The number of aliphatic imine (C=N–C) groups is 1. The standard InChI is InChI=1S/C18H25N5OS.HI/c1-18(2,3)23-15(24)10-20-17(19-4)21-11-16-22-14(12-25-16)13-8-6-5-7-9-13;/h5-9,12H,10-11H2,1-4H3,(H,23,24)(H2,19,20,21);1H. The summed E-state index contributed by atoms with van der Waals surface area (Å²) in [4.78, 5) is 20.6. The molecule has 0 spiro atoms. The Hall–Kier alpha value is -1.68. The highest BCUT2D eigenvalue weighted by Crippen LogP contribution is 2.21. The van der Waals surface area contributed by atoms with E-state index in [2.05, 4.69) is 25.9 Å². The first kappa shape index (κ1) is 22.4. The molecule has 0 unspecified atom stereocenters. The van der Waals surface area contributed by atoms with Gasteiger partial charge >= 0.3 is 0 Å². The van der Waals surface area contributed by atoms with Gasteiger partial charge in [-0.25, -0.2) is 4.98 Å². The van der Waals surface area contributed by atoms with E-state index in [1.807, 2.05) is 56.5 Å². The molecule has 142 valence electrons. The van der Waals surface area contributed by atoms with Gasteiger partial charge in [-0.15, -0.1) is 35.3 Å². The summed E-state index contributed by atoms with van der Waals surface area (Å²) in [5.74, 6) is 0.497. The van der Waals surface area contributed by atoms with E-state index in [4.69, 9.17) is 0 Å². The van der Waals surface area contributed by atoms with Crippen LogP contribution in [0.4, 0.5) is 0 Å². The van der Waals surface area contributed by atoms with E-state index in [1.165, 1.54) is 0 Å². The molecule has 0 atom stereocenters. The molecule has 3 N–H and O–H groups in total. The Morgan fingerprint density at radius 1 is 1.19 bits per heavy atom. The van der Waals surface area contributed by atoms with Gasteiger partial charge in [-0.1, -0.05) is 30.3 Å². The van der Waals surface area contributed by atoms with Crippen LogP contribution in [0.15, 0.2) is 40.7 Å². The van der Waals surface area contributed by atoms with Crippen LogP contribution in [0.25, 0.3) is 11.3 Å². The molecular formula is C18H26IN5OS. The predicted molar refractivity (Wildman–Crippen MR) is 119 cm³/mol. The van der Waals surface area contributed by atoms with Gasteiger partial charge in [0.25, 0.3) is 0 Å². The lowest BCUT2D eigenvalue weighted by Gasteiger charge is -2.21. The number of carbonyl (C=O) groups excluding carboxylic acids is 1. The Bertz CT molecular complexity index is 725. The van der Waals surface area contributed by atoms with Gasteiger partial charge in [0, 0.05) is 23.5 Å². The van der Waals surface area contributed by atoms with Crippen molar-refractivity contribution in [2.24, 2.45) is 4.99 Å². The summed E-state index contributed by atoms with van der Waals surface area (Å²) in [6, 6.07) is 10.1. The molecule has 1 heterocycles. The Labute approximate surface area is 175 Å². The molecule has 0 fully saturated rings. The maximum atomic E-state index is 11.8. The second-order valence-electron chi connectivity index (χ2n) is 6.57. The summed E-state index contributed by atoms with van der Waals surface area (Å²) < 4.78 is 0. The van der Waals surface area contributed by atoms with Gasteiger partial charge in [-0.3, -0.25) is 9.79 Å². The lowest BCUT2D eigenvalue weighted by Crippen LogP contribution is -2.48. The summed E-state index contributed by atoms with van der Waals surface area (Å²) >= 11 is 1.59. The molecule has 0 saturated carbocycles. The first-order valence-corrected chi connectivity index (χ1v) is 9.01. The smallest absolute Gasteiger partial charge is 0.239 e. The van der Waals surface area contributed by atoms with Crippen molar-refractivity contribution < 1.29 is 4.79 Å². The maximum Gasteiger partial charge on any atom is 0.239 e. The topological polar surface area (TPSA) is 78.4 Å². The third-order valence-corrected chi connectivity index (χ3v) is 4.03. The molecule has 0 bridgehead atoms. The van der Waals surface area contributed by atoms with E-state index >= 15 is 0 Å². The zero-order chi connectivity index (χ0) is 18.3. The summed E-state index contributed by atoms with van der Waals surface area (Å²) in [5.41, 5.74) is 1.83.